The molecular formula is C11H10Cl2O5. The molecule has 0 amide bonds. The van der Waals surface area contributed by atoms with Gasteiger partial charge in [-0.25, -0.2) is 9.59 Å². The lowest BCUT2D eigenvalue weighted by atomic mass is 10.1. The van der Waals surface area contributed by atoms with Gasteiger partial charge in [-0.05, 0) is 6.07 Å². The standard InChI is InChI=1S/C11H10Cl2O5/c1-16-6-4-5(10(14)17-2)7(11(15)18-3)9(13)8(6)12/h4H,1-3H3. The van der Waals surface area contributed by atoms with Gasteiger partial charge >= 0.3 is 11.9 Å². The third kappa shape index (κ3) is 2.52. The van der Waals surface area contributed by atoms with E-state index in [0.717, 1.165) is 7.11 Å². The number of halogens is 2. The van der Waals surface area contributed by atoms with Crippen molar-refractivity contribution in [3.8, 4) is 5.75 Å². The molecule has 1 aromatic rings. The van der Waals surface area contributed by atoms with Crippen molar-refractivity contribution in [1.29, 1.82) is 0 Å². The molecule has 7 heteroatoms. The van der Waals surface area contributed by atoms with Crippen molar-refractivity contribution in [3.05, 3.63) is 27.2 Å². The second kappa shape index (κ2) is 5.93. The van der Waals surface area contributed by atoms with Crippen molar-refractivity contribution >= 4 is 35.1 Å². The van der Waals surface area contributed by atoms with Crippen molar-refractivity contribution < 1.29 is 23.8 Å². The maximum Gasteiger partial charge on any atom is 0.340 e. The van der Waals surface area contributed by atoms with Crippen LogP contribution in [-0.2, 0) is 9.47 Å². The fourth-order valence-electron chi connectivity index (χ4n) is 1.32. The van der Waals surface area contributed by atoms with Gasteiger partial charge in [-0.15, -0.1) is 0 Å². The number of esters is 2. The molecule has 0 heterocycles. The first-order chi connectivity index (χ1) is 8.47. The lowest BCUT2D eigenvalue weighted by molar-refractivity contribution is 0.0555. The molecule has 1 aromatic carbocycles. The monoisotopic (exact) mass is 292 g/mol. The largest absolute Gasteiger partial charge is 0.495 e. The van der Waals surface area contributed by atoms with Crippen LogP contribution in [0.4, 0.5) is 0 Å². The number of benzene rings is 1. The summed E-state index contributed by atoms with van der Waals surface area (Å²) >= 11 is 11.8. The van der Waals surface area contributed by atoms with Gasteiger partial charge in [-0.3, -0.25) is 0 Å². The molecule has 98 valence electrons. The third-order valence-corrected chi connectivity index (χ3v) is 3.04. The first kappa shape index (κ1) is 14.6. The lowest BCUT2D eigenvalue weighted by Crippen LogP contribution is -2.13. The second-order valence-electron chi connectivity index (χ2n) is 3.11. The number of carbonyl (C=O) groups is 2. The van der Waals surface area contributed by atoms with E-state index >= 15 is 0 Å². The van der Waals surface area contributed by atoms with Crippen LogP contribution in [0.5, 0.6) is 5.75 Å². The Morgan fingerprint density at radius 2 is 1.56 bits per heavy atom. The van der Waals surface area contributed by atoms with Crippen LogP contribution in [0.3, 0.4) is 0 Å². The number of hydrogen-bond acceptors (Lipinski definition) is 5. The van der Waals surface area contributed by atoms with Crippen molar-refractivity contribution in [2.75, 3.05) is 21.3 Å². The number of rotatable bonds is 3. The van der Waals surface area contributed by atoms with Crippen molar-refractivity contribution in [2.45, 2.75) is 0 Å². The highest BCUT2D eigenvalue weighted by atomic mass is 35.5. The number of carbonyl (C=O) groups excluding carboxylic acids is 2. The molecule has 0 N–H and O–H groups in total. The van der Waals surface area contributed by atoms with Crippen LogP contribution in [0, 0.1) is 0 Å². The van der Waals surface area contributed by atoms with Gasteiger partial charge < -0.3 is 14.2 Å². The van der Waals surface area contributed by atoms with Crippen LogP contribution in [0.15, 0.2) is 6.07 Å². The summed E-state index contributed by atoms with van der Waals surface area (Å²) in [6, 6.07) is 1.27. The molecule has 0 saturated carbocycles. The molecule has 0 saturated heterocycles. The van der Waals surface area contributed by atoms with Gasteiger partial charge in [-0.2, -0.15) is 0 Å². The summed E-state index contributed by atoms with van der Waals surface area (Å²) in [4.78, 5) is 23.2. The minimum absolute atomic E-state index is 0.0206. The molecule has 0 radical (unpaired) electrons. The van der Waals surface area contributed by atoms with E-state index in [0.29, 0.717) is 0 Å². The fourth-order valence-corrected chi connectivity index (χ4v) is 1.82. The minimum atomic E-state index is -0.787. The molecule has 0 aliphatic heterocycles. The number of hydrogen-bond donors (Lipinski definition) is 0. The molecule has 0 atom stereocenters. The van der Waals surface area contributed by atoms with Crippen LogP contribution < -0.4 is 4.74 Å². The van der Waals surface area contributed by atoms with E-state index in [-0.39, 0.29) is 26.9 Å². The van der Waals surface area contributed by atoms with E-state index in [9.17, 15) is 9.59 Å². The molecule has 1 rings (SSSR count). The van der Waals surface area contributed by atoms with E-state index in [1.807, 2.05) is 0 Å². The molecule has 18 heavy (non-hydrogen) atoms. The Bertz CT molecular complexity index is 499. The van der Waals surface area contributed by atoms with Crippen LogP contribution in [-0.4, -0.2) is 33.3 Å². The van der Waals surface area contributed by atoms with Gasteiger partial charge in [0.15, 0.2) is 0 Å². The van der Waals surface area contributed by atoms with Gasteiger partial charge in [-0.1, -0.05) is 23.2 Å². The quantitative estimate of drug-likeness (QED) is 0.801. The molecule has 0 fully saturated rings. The average molecular weight is 293 g/mol. The predicted molar refractivity (Wildman–Crippen MR) is 65.7 cm³/mol. The van der Waals surface area contributed by atoms with Gasteiger partial charge in [0, 0.05) is 0 Å². The van der Waals surface area contributed by atoms with E-state index in [1.165, 1.54) is 20.3 Å². The summed E-state index contributed by atoms with van der Waals surface area (Å²) in [5.74, 6) is -1.37. The summed E-state index contributed by atoms with van der Waals surface area (Å²) < 4.78 is 14.1. The highest BCUT2D eigenvalue weighted by Gasteiger charge is 2.26. The normalized spacial score (nSPS) is 9.83. The third-order valence-electron chi connectivity index (χ3n) is 2.19. The molecule has 0 bridgehead atoms. The Hall–Kier alpha value is -1.46. The molecule has 5 nitrogen and oxygen atoms in total. The molecular weight excluding hydrogens is 283 g/mol. The Morgan fingerprint density at radius 1 is 1.00 bits per heavy atom. The summed E-state index contributed by atoms with van der Waals surface area (Å²) in [6.45, 7) is 0. The summed E-state index contributed by atoms with van der Waals surface area (Å²) in [5, 5.41) is -0.101. The highest BCUT2D eigenvalue weighted by Crippen LogP contribution is 2.37. The van der Waals surface area contributed by atoms with Gasteiger partial charge in [0.1, 0.15) is 10.8 Å². The SMILES string of the molecule is COC(=O)c1cc(OC)c(Cl)c(Cl)c1C(=O)OC. The Balaban J connectivity index is 3.60. The Kier molecular flexibility index (Phi) is 4.81. The first-order valence-electron chi connectivity index (χ1n) is 4.70. The highest BCUT2D eigenvalue weighted by molar-refractivity contribution is 6.45. The van der Waals surface area contributed by atoms with E-state index in [1.54, 1.807) is 0 Å². The van der Waals surface area contributed by atoms with Crippen LogP contribution in [0.2, 0.25) is 10.0 Å². The van der Waals surface area contributed by atoms with Crippen molar-refractivity contribution in [1.82, 2.24) is 0 Å². The van der Waals surface area contributed by atoms with Crippen LogP contribution in [0.1, 0.15) is 20.7 Å². The smallest absolute Gasteiger partial charge is 0.340 e. The zero-order valence-electron chi connectivity index (χ0n) is 9.87. The second-order valence-corrected chi connectivity index (χ2v) is 3.87. The maximum atomic E-state index is 11.6. The van der Waals surface area contributed by atoms with Gasteiger partial charge in [0.2, 0.25) is 0 Å². The zero-order chi connectivity index (χ0) is 13.9. The van der Waals surface area contributed by atoms with Crippen LogP contribution >= 0.6 is 23.2 Å². The minimum Gasteiger partial charge on any atom is -0.495 e. The van der Waals surface area contributed by atoms with E-state index < -0.39 is 11.9 Å². The maximum absolute atomic E-state index is 11.6. The van der Waals surface area contributed by atoms with E-state index in [2.05, 4.69) is 9.47 Å². The number of ether oxygens (including phenoxy) is 3. The molecule has 0 spiro atoms. The first-order valence-corrected chi connectivity index (χ1v) is 5.46. The number of methoxy groups -OCH3 is 3. The average Bonchev–Trinajstić information content (AvgIpc) is 2.39. The van der Waals surface area contributed by atoms with Crippen LogP contribution in [0.25, 0.3) is 0 Å². The molecule has 0 aliphatic carbocycles. The summed E-state index contributed by atoms with van der Waals surface area (Å²) in [7, 11) is 3.70. The Morgan fingerprint density at radius 3 is 2.00 bits per heavy atom. The molecule has 0 aliphatic rings. The van der Waals surface area contributed by atoms with E-state index in [4.69, 9.17) is 27.9 Å². The van der Waals surface area contributed by atoms with Crippen molar-refractivity contribution in [2.24, 2.45) is 0 Å². The topological polar surface area (TPSA) is 61.8 Å². The summed E-state index contributed by atoms with van der Waals surface area (Å²) in [6.07, 6.45) is 0. The molecule has 0 unspecified atom stereocenters. The zero-order valence-corrected chi connectivity index (χ0v) is 11.4. The fraction of sp³-hybridized carbons (Fsp3) is 0.273. The Labute approximate surface area is 114 Å². The summed E-state index contributed by atoms with van der Waals surface area (Å²) in [5.41, 5.74) is -0.229. The molecule has 0 aromatic heterocycles. The van der Waals surface area contributed by atoms with Gasteiger partial charge in [0.25, 0.3) is 0 Å². The predicted octanol–water partition coefficient (Wildman–Crippen LogP) is 2.58. The lowest BCUT2D eigenvalue weighted by Gasteiger charge is -2.12. The van der Waals surface area contributed by atoms with Crippen molar-refractivity contribution in [3.63, 3.8) is 0 Å². The van der Waals surface area contributed by atoms with Gasteiger partial charge in [0.05, 0.1) is 37.5 Å².